The molecule has 2 aromatic rings. The number of hydrogen-bond acceptors (Lipinski definition) is 3. The molecule has 0 N–H and O–H groups in total. The summed E-state index contributed by atoms with van der Waals surface area (Å²) in [4.78, 5) is 4.31. The van der Waals surface area contributed by atoms with Crippen molar-refractivity contribution in [2.75, 3.05) is 7.11 Å². The predicted octanol–water partition coefficient (Wildman–Crippen LogP) is 1.94. The molecule has 4 nitrogen and oxygen atoms in total. The van der Waals surface area contributed by atoms with Crippen LogP contribution in [0.5, 0.6) is 5.88 Å². The van der Waals surface area contributed by atoms with E-state index in [1.54, 1.807) is 7.11 Å². The zero-order valence-corrected chi connectivity index (χ0v) is 10.4. The number of methoxy groups -OCH3 is 1. The van der Waals surface area contributed by atoms with Crippen LogP contribution in [0.15, 0.2) is 30.6 Å². The average molecular weight is 315 g/mol. The molecule has 0 saturated carbocycles. The molecule has 0 fully saturated rings. The Morgan fingerprint density at radius 1 is 1.47 bits per heavy atom. The zero-order valence-electron chi connectivity index (χ0n) is 8.22. The van der Waals surface area contributed by atoms with Gasteiger partial charge in [-0.05, 0) is 28.7 Å². The van der Waals surface area contributed by atoms with E-state index >= 15 is 0 Å². The fourth-order valence-corrected chi connectivity index (χ4v) is 1.70. The van der Waals surface area contributed by atoms with Crippen molar-refractivity contribution < 1.29 is 4.74 Å². The topological polar surface area (TPSA) is 39.9 Å². The van der Waals surface area contributed by atoms with E-state index in [4.69, 9.17) is 4.74 Å². The lowest BCUT2D eigenvalue weighted by Crippen LogP contribution is -2.02. The molecule has 0 aliphatic carbocycles. The van der Waals surface area contributed by atoms with E-state index in [0.29, 0.717) is 12.4 Å². The quantitative estimate of drug-likeness (QED) is 0.813. The van der Waals surface area contributed by atoms with E-state index in [2.05, 4.69) is 32.7 Å². The Hall–Kier alpha value is -1.11. The molecule has 0 unspecified atom stereocenters. The molecule has 0 aliphatic heterocycles. The number of halogens is 1. The maximum atomic E-state index is 5.06. The van der Waals surface area contributed by atoms with Gasteiger partial charge < -0.3 is 4.74 Å². The summed E-state index contributed by atoms with van der Waals surface area (Å²) in [5.41, 5.74) is 0.939. The Morgan fingerprint density at radius 3 is 3.00 bits per heavy atom. The van der Waals surface area contributed by atoms with Gasteiger partial charge >= 0.3 is 0 Å². The second-order valence-electron chi connectivity index (χ2n) is 3.03. The fourth-order valence-electron chi connectivity index (χ4n) is 1.25. The van der Waals surface area contributed by atoms with E-state index in [9.17, 15) is 0 Å². The van der Waals surface area contributed by atoms with Gasteiger partial charge in [-0.15, -0.1) is 0 Å². The first kappa shape index (κ1) is 10.4. The molecule has 2 aromatic heterocycles. The van der Waals surface area contributed by atoms with Crippen LogP contribution in [-0.2, 0) is 6.54 Å². The predicted molar refractivity (Wildman–Crippen MR) is 64.8 cm³/mol. The first-order valence-corrected chi connectivity index (χ1v) is 5.53. The van der Waals surface area contributed by atoms with Crippen LogP contribution >= 0.6 is 22.6 Å². The average Bonchev–Trinajstić information content (AvgIpc) is 2.64. The summed E-state index contributed by atoms with van der Waals surface area (Å²) < 4.78 is 8.03. The molecular weight excluding hydrogens is 305 g/mol. The van der Waals surface area contributed by atoms with Gasteiger partial charge in [0.2, 0.25) is 5.88 Å². The molecule has 0 aromatic carbocycles. The molecule has 5 heteroatoms. The van der Waals surface area contributed by atoms with Crippen molar-refractivity contribution in [2.45, 2.75) is 6.54 Å². The van der Waals surface area contributed by atoms with Crippen molar-refractivity contribution in [3.05, 3.63) is 39.9 Å². The van der Waals surface area contributed by atoms with Crippen molar-refractivity contribution >= 4 is 22.6 Å². The summed E-state index contributed by atoms with van der Waals surface area (Å²) in [6, 6.07) is 5.71. The normalized spacial score (nSPS) is 10.3. The first-order valence-electron chi connectivity index (χ1n) is 4.46. The van der Waals surface area contributed by atoms with Crippen LogP contribution in [0.1, 0.15) is 5.69 Å². The van der Waals surface area contributed by atoms with Crippen LogP contribution in [0.2, 0.25) is 0 Å². The number of rotatable bonds is 3. The maximum absolute atomic E-state index is 5.06. The monoisotopic (exact) mass is 315 g/mol. The molecule has 0 atom stereocenters. The molecule has 0 radical (unpaired) electrons. The maximum Gasteiger partial charge on any atom is 0.213 e. The molecule has 2 heterocycles. The highest BCUT2D eigenvalue weighted by molar-refractivity contribution is 14.1. The van der Waals surface area contributed by atoms with Gasteiger partial charge in [-0.1, -0.05) is 6.07 Å². The third-order valence-electron chi connectivity index (χ3n) is 1.92. The van der Waals surface area contributed by atoms with E-state index in [1.165, 1.54) is 0 Å². The lowest BCUT2D eigenvalue weighted by atomic mass is 10.3. The number of aromatic nitrogens is 3. The molecule has 15 heavy (non-hydrogen) atoms. The van der Waals surface area contributed by atoms with Crippen LogP contribution < -0.4 is 4.74 Å². The van der Waals surface area contributed by atoms with Gasteiger partial charge in [0.05, 0.1) is 29.1 Å². The van der Waals surface area contributed by atoms with E-state index < -0.39 is 0 Å². The third kappa shape index (κ3) is 2.68. The Morgan fingerprint density at radius 2 is 2.33 bits per heavy atom. The van der Waals surface area contributed by atoms with Crippen LogP contribution in [0, 0.1) is 3.57 Å². The minimum Gasteiger partial charge on any atom is -0.481 e. The fraction of sp³-hybridized carbons (Fsp3) is 0.200. The number of pyridine rings is 1. The Bertz CT molecular complexity index is 455. The van der Waals surface area contributed by atoms with Crippen molar-refractivity contribution in [3.63, 3.8) is 0 Å². The summed E-state index contributed by atoms with van der Waals surface area (Å²) in [7, 11) is 1.61. The summed E-state index contributed by atoms with van der Waals surface area (Å²) in [5.74, 6) is 0.634. The van der Waals surface area contributed by atoms with Gasteiger partial charge in [-0.25, -0.2) is 4.98 Å². The summed E-state index contributed by atoms with van der Waals surface area (Å²) >= 11 is 2.23. The largest absolute Gasteiger partial charge is 0.481 e. The molecule has 0 spiro atoms. The van der Waals surface area contributed by atoms with Gasteiger partial charge in [0.1, 0.15) is 0 Å². The second kappa shape index (κ2) is 4.61. The van der Waals surface area contributed by atoms with Crippen molar-refractivity contribution in [3.8, 4) is 5.88 Å². The molecule has 0 aliphatic rings. The zero-order chi connectivity index (χ0) is 10.7. The van der Waals surface area contributed by atoms with Crippen LogP contribution in [0.4, 0.5) is 0 Å². The van der Waals surface area contributed by atoms with Crippen LogP contribution in [-0.4, -0.2) is 21.9 Å². The molecule has 0 bridgehead atoms. The minimum absolute atomic E-state index is 0.634. The third-order valence-corrected chi connectivity index (χ3v) is 2.47. The Balaban J connectivity index is 2.16. The Kier molecular flexibility index (Phi) is 3.20. The summed E-state index contributed by atoms with van der Waals surface area (Å²) in [5, 5.41) is 4.19. The lowest BCUT2D eigenvalue weighted by Gasteiger charge is -2.03. The van der Waals surface area contributed by atoms with Gasteiger partial charge in [0.15, 0.2) is 0 Å². The van der Waals surface area contributed by atoms with E-state index in [-0.39, 0.29) is 0 Å². The van der Waals surface area contributed by atoms with Crippen LogP contribution in [0.25, 0.3) is 0 Å². The number of hydrogen-bond donors (Lipinski definition) is 0. The minimum atomic E-state index is 0.634. The molecule has 0 amide bonds. The highest BCUT2D eigenvalue weighted by Gasteiger charge is 2.00. The SMILES string of the molecule is COc1cccc(Cn2cc(I)cn2)n1. The van der Waals surface area contributed by atoms with E-state index in [1.807, 2.05) is 35.3 Å². The Labute approximate surface area is 101 Å². The summed E-state index contributed by atoms with van der Waals surface area (Å²) in [6.07, 6.45) is 3.79. The molecule has 2 rings (SSSR count). The lowest BCUT2D eigenvalue weighted by molar-refractivity contribution is 0.395. The van der Waals surface area contributed by atoms with E-state index in [0.717, 1.165) is 9.26 Å². The van der Waals surface area contributed by atoms with Gasteiger partial charge in [0, 0.05) is 12.3 Å². The standard InChI is InChI=1S/C10H10IN3O/c1-15-10-4-2-3-9(13-10)7-14-6-8(11)5-12-14/h2-6H,7H2,1H3. The van der Waals surface area contributed by atoms with Crippen molar-refractivity contribution in [2.24, 2.45) is 0 Å². The molecule has 78 valence electrons. The highest BCUT2D eigenvalue weighted by Crippen LogP contribution is 2.08. The summed E-state index contributed by atoms with van der Waals surface area (Å²) in [6.45, 7) is 0.667. The van der Waals surface area contributed by atoms with Gasteiger partial charge in [-0.3, -0.25) is 4.68 Å². The molecule has 0 saturated heterocycles. The van der Waals surface area contributed by atoms with Gasteiger partial charge in [-0.2, -0.15) is 5.10 Å². The van der Waals surface area contributed by atoms with Gasteiger partial charge in [0.25, 0.3) is 0 Å². The van der Waals surface area contributed by atoms with Crippen LogP contribution in [0.3, 0.4) is 0 Å². The van der Waals surface area contributed by atoms with Crippen molar-refractivity contribution in [1.82, 2.24) is 14.8 Å². The first-order chi connectivity index (χ1) is 7.28. The number of nitrogens with zero attached hydrogens (tertiary/aromatic N) is 3. The number of ether oxygens (including phenoxy) is 1. The highest BCUT2D eigenvalue weighted by atomic mass is 127. The van der Waals surface area contributed by atoms with Crippen molar-refractivity contribution in [1.29, 1.82) is 0 Å². The second-order valence-corrected chi connectivity index (χ2v) is 4.27. The smallest absolute Gasteiger partial charge is 0.213 e. The molecular formula is C10H10IN3O.